The highest BCUT2D eigenvalue weighted by Gasteiger charge is 2.14. The molecule has 0 fully saturated rings. The largest absolute Gasteiger partial charge is 0.494 e. The van der Waals surface area contributed by atoms with E-state index in [0.29, 0.717) is 0 Å². The predicted molar refractivity (Wildman–Crippen MR) is 80.6 cm³/mol. The summed E-state index contributed by atoms with van der Waals surface area (Å²) in [7, 11) is 0. The lowest BCUT2D eigenvalue weighted by molar-refractivity contribution is 0.278. The van der Waals surface area contributed by atoms with E-state index in [2.05, 4.69) is 32.0 Å². The Bertz CT molecular complexity index is 412. The second-order valence-corrected chi connectivity index (χ2v) is 6.46. The maximum atomic E-state index is 5.85. The van der Waals surface area contributed by atoms with Gasteiger partial charge in [-0.2, -0.15) is 0 Å². The summed E-state index contributed by atoms with van der Waals surface area (Å²) >= 11 is 0. The van der Waals surface area contributed by atoms with Gasteiger partial charge in [-0.05, 0) is 73.7 Å². The Balaban J connectivity index is 1.69. The summed E-state index contributed by atoms with van der Waals surface area (Å²) in [4.78, 5) is 0. The van der Waals surface area contributed by atoms with Gasteiger partial charge in [-0.1, -0.05) is 19.9 Å². The fraction of sp³-hybridized carbons (Fsp3) is 0.647. The van der Waals surface area contributed by atoms with E-state index in [9.17, 15) is 0 Å². The predicted octanol–water partition coefficient (Wildman–Crippen LogP) is 3.71. The van der Waals surface area contributed by atoms with Gasteiger partial charge >= 0.3 is 0 Å². The van der Waals surface area contributed by atoms with Crippen LogP contribution in [0.25, 0.3) is 0 Å². The first kappa shape index (κ1) is 14.4. The summed E-state index contributed by atoms with van der Waals surface area (Å²) in [5.41, 5.74) is 9.00. The highest BCUT2D eigenvalue weighted by molar-refractivity contribution is 5.38. The molecule has 0 saturated heterocycles. The van der Waals surface area contributed by atoms with Crippen molar-refractivity contribution in [2.45, 2.75) is 52.4 Å². The lowest BCUT2D eigenvalue weighted by atomic mass is 9.87. The van der Waals surface area contributed by atoms with Crippen LogP contribution in [0, 0.1) is 5.41 Å². The van der Waals surface area contributed by atoms with E-state index >= 15 is 0 Å². The van der Waals surface area contributed by atoms with Crippen molar-refractivity contribution >= 4 is 0 Å². The number of nitrogens with two attached hydrogens (primary N) is 1. The van der Waals surface area contributed by atoms with Crippen LogP contribution < -0.4 is 10.5 Å². The highest BCUT2D eigenvalue weighted by Crippen LogP contribution is 2.26. The molecule has 0 unspecified atom stereocenters. The lowest BCUT2D eigenvalue weighted by Crippen LogP contribution is -2.23. The van der Waals surface area contributed by atoms with Crippen molar-refractivity contribution < 1.29 is 4.74 Å². The third kappa shape index (κ3) is 4.24. The van der Waals surface area contributed by atoms with Gasteiger partial charge in [0, 0.05) is 0 Å². The van der Waals surface area contributed by atoms with Crippen LogP contribution in [0.4, 0.5) is 0 Å². The average Bonchev–Trinajstić information content (AvgIpc) is 2.85. The van der Waals surface area contributed by atoms with Gasteiger partial charge in [-0.25, -0.2) is 0 Å². The molecule has 1 aromatic carbocycles. The maximum Gasteiger partial charge on any atom is 0.119 e. The Morgan fingerprint density at radius 1 is 1.16 bits per heavy atom. The molecule has 0 aliphatic heterocycles. The van der Waals surface area contributed by atoms with Crippen molar-refractivity contribution in [3.8, 4) is 5.75 Å². The molecule has 0 aromatic heterocycles. The first-order chi connectivity index (χ1) is 9.11. The Morgan fingerprint density at radius 2 is 1.95 bits per heavy atom. The average molecular weight is 261 g/mol. The van der Waals surface area contributed by atoms with E-state index in [0.717, 1.165) is 25.3 Å². The summed E-state index contributed by atoms with van der Waals surface area (Å²) in [6, 6.07) is 6.58. The van der Waals surface area contributed by atoms with Gasteiger partial charge < -0.3 is 10.5 Å². The zero-order valence-corrected chi connectivity index (χ0v) is 12.4. The molecule has 2 heteroatoms. The molecule has 1 aromatic rings. The lowest BCUT2D eigenvalue weighted by Gasteiger charge is -2.21. The van der Waals surface area contributed by atoms with E-state index in [4.69, 9.17) is 10.5 Å². The van der Waals surface area contributed by atoms with Crippen LogP contribution in [0.15, 0.2) is 18.2 Å². The van der Waals surface area contributed by atoms with Crippen LogP contribution in [0.2, 0.25) is 0 Å². The number of rotatable bonds is 7. The first-order valence-electron chi connectivity index (χ1n) is 7.55. The third-order valence-corrected chi connectivity index (χ3v) is 4.14. The quantitative estimate of drug-likeness (QED) is 0.759. The molecule has 19 heavy (non-hydrogen) atoms. The van der Waals surface area contributed by atoms with Crippen molar-refractivity contribution in [1.29, 1.82) is 0 Å². The van der Waals surface area contributed by atoms with Gasteiger partial charge in [-0.15, -0.1) is 0 Å². The van der Waals surface area contributed by atoms with E-state index in [1.165, 1.54) is 43.2 Å². The van der Waals surface area contributed by atoms with Crippen LogP contribution in [0.1, 0.15) is 50.7 Å². The number of benzene rings is 1. The van der Waals surface area contributed by atoms with Crippen molar-refractivity contribution in [3.63, 3.8) is 0 Å². The minimum Gasteiger partial charge on any atom is -0.494 e. The van der Waals surface area contributed by atoms with Gasteiger partial charge in [-0.3, -0.25) is 0 Å². The van der Waals surface area contributed by atoms with Gasteiger partial charge in [0.25, 0.3) is 0 Å². The monoisotopic (exact) mass is 261 g/mol. The van der Waals surface area contributed by atoms with Gasteiger partial charge in [0.05, 0.1) is 6.61 Å². The number of hydrogen-bond acceptors (Lipinski definition) is 2. The molecule has 0 amide bonds. The van der Waals surface area contributed by atoms with Crippen LogP contribution in [0.5, 0.6) is 5.75 Å². The molecular weight excluding hydrogens is 234 g/mol. The molecule has 106 valence electrons. The molecule has 0 radical (unpaired) electrons. The number of hydrogen-bond donors (Lipinski definition) is 1. The highest BCUT2D eigenvalue weighted by atomic mass is 16.5. The molecule has 2 nitrogen and oxygen atoms in total. The van der Waals surface area contributed by atoms with Crippen LogP contribution in [-0.2, 0) is 12.8 Å². The molecule has 2 N–H and O–H groups in total. The number of ether oxygens (including phenoxy) is 1. The standard InChI is InChI=1S/C17H27NO/c1-17(2,13-18)10-3-4-11-19-16-9-8-14-6-5-7-15(14)12-16/h8-9,12H,3-7,10-11,13,18H2,1-2H3. The zero-order valence-electron chi connectivity index (χ0n) is 12.4. The van der Waals surface area contributed by atoms with Crippen molar-refractivity contribution in [2.75, 3.05) is 13.2 Å². The second-order valence-electron chi connectivity index (χ2n) is 6.46. The van der Waals surface area contributed by atoms with Crippen LogP contribution >= 0.6 is 0 Å². The molecule has 0 spiro atoms. The van der Waals surface area contributed by atoms with Crippen molar-refractivity contribution in [3.05, 3.63) is 29.3 Å². The minimum absolute atomic E-state index is 0.271. The molecular formula is C17H27NO. The molecule has 0 saturated carbocycles. The molecule has 0 bridgehead atoms. The molecule has 2 rings (SSSR count). The maximum absolute atomic E-state index is 5.85. The Kier molecular flexibility index (Phi) is 4.87. The van der Waals surface area contributed by atoms with Crippen LogP contribution in [-0.4, -0.2) is 13.2 Å². The Hall–Kier alpha value is -1.02. The zero-order chi connectivity index (χ0) is 13.7. The summed E-state index contributed by atoms with van der Waals surface area (Å²) in [5, 5.41) is 0. The van der Waals surface area contributed by atoms with E-state index < -0.39 is 0 Å². The number of aryl methyl sites for hydroxylation is 2. The van der Waals surface area contributed by atoms with Gasteiger partial charge in [0.1, 0.15) is 5.75 Å². The first-order valence-corrected chi connectivity index (χ1v) is 7.55. The summed E-state index contributed by atoms with van der Waals surface area (Å²) in [6.07, 6.45) is 7.24. The van der Waals surface area contributed by atoms with Gasteiger partial charge in [0.15, 0.2) is 0 Å². The summed E-state index contributed by atoms with van der Waals surface area (Å²) < 4.78 is 5.85. The topological polar surface area (TPSA) is 35.2 Å². The third-order valence-electron chi connectivity index (χ3n) is 4.14. The van der Waals surface area contributed by atoms with Crippen LogP contribution in [0.3, 0.4) is 0 Å². The molecule has 1 aliphatic rings. The minimum atomic E-state index is 0.271. The molecule has 0 atom stereocenters. The smallest absolute Gasteiger partial charge is 0.119 e. The Labute approximate surface area is 117 Å². The summed E-state index contributed by atoms with van der Waals surface area (Å²) in [6.45, 7) is 6.04. The SMILES string of the molecule is CC(C)(CN)CCCCOc1ccc2c(c1)CCC2. The normalized spacial score (nSPS) is 14.5. The summed E-state index contributed by atoms with van der Waals surface area (Å²) in [5.74, 6) is 1.04. The fourth-order valence-electron chi connectivity index (χ4n) is 2.64. The second kappa shape index (κ2) is 6.42. The van der Waals surface area contributed by atoms with E-state index in [-0.39, 0.29) is 5.41 Å². The van der Waals surface area contributed by atoms with Crippen molar-refractivity contribution in [1.82, 2.24) is 0 Å². The van der Waals surface area contributed by atoms with Crippen molar-refractivity contribution in [2.24, 2.45) is 11.1 Å². The van der Waals surface area contributed by atoms with E-state index in [1.807, 2.05) is 0 Å². The number of fused-ring (bicyclic) bond motifs is 1. The Morgan fingerprint density at radius 3 is 2.74 bits per heavy atom. The molecule has 0 heterocycles. The number of unbranched alkanes of at least 4 members (excludes halogenated alkanes) is 1. The van der Waals surface area contributed by atoms with E-state index in [1.54, 1.807) is 0 Å². The fourth-order valence-corrected chi connectivity index (χ4v) is 2.64. The molecule has 1 aliphatic carbocycles. The van der Waals surface area contributed by atoms with Gasteiger partial charge in [0.2, 0.25) is 0 Å².